The van der Waals surface area contributed by atoms with Crippen LogP contribution in [0.5, 0.6) is 6.01 Å². The van der Waals surface area contributed by atoms with Gasteiger partial charge in [-0.05, 0) is 11.6 Å². The molecule has 1 rings (SSSR count). The number of nitrogens with zero attached hydrogens (tertiary/aromatic N) is 3. The minimum absolute atomic E-state index is 0.0271. The molecule has 0 spiro atoms. The molecule has 0 aromatic carbocycles. The highest BCUT2D eigenvalue weighted by molar-refractivity contribution is 6.28. The molecule has 1 aromatic heterocycles. The summed E-state index contributed by atoms with van der Waals surface area (Å²) in [4.78, 5) is 11.1. The van der Waals surface area contributed by atoms with E-state index in [4.69, 9.17) is 26.8 Å². The van der Waals surface area contributed by atoms with E-state index in [0.717, 1.165) is 6.42 Å². The van der Waals surface area contributed by atoms with Crippen molar-refractivity contribution < 1.29 is 9.47 Å². The number of rotatable bonds is 5. The van der Waals surface area contributed by atoms with Crippen LogP contribution in [0.2, 0.25) is 5.28 Å². The van der Waals surface area contributed by atoms with Gasteiger partial charge in [0.1, 0.15) is 0 Å². The second kappa shape index (κ2) is 5.56. The van der Waals surface area contributed by atoms with Crippen molar-refractivity contribution in [1.29, 1.82) is 0 Å². The van der Waals surface area contributed by atoms with E-state index < -0.39 is 0 Å². The van der Waals surface area contributed by atoms with Gasteiger partial charge in [-0.25, -0.2) is 0 Å². The number of anilines is 1. The summed E-state index contributed by atoms with van der Waals surface area (Å²) in [5.41, 5.74) is 5.34. The highest BCUT2D eigenvalue weighted by Crippen LogP contribution is 2.08. The molecule has 1 heterocycles. The van der Waals surface area contributed by atoms with E-state index in [9.17, 15) is 0 Å². The molecule has 0 aliphatic carbocycles. The smallest absolute Gasteiger partial charge is 0.322 e. The molecule has 1 aromatic rings. The lowest BCUT2D eigenvalue weighted by Crippen LogP contribution is -2.06. The van der Waals surface area contributed by atoms with Crippen LogP contribution in [-0.2, 0) is 4.74 Å². The lowest BCUT2D eigenvalue weighted by Gasteiger charge is -2.03. The molecule has 14 heavy (non-hydrogen) atoms. The molecule has 0 radical (unpaired) electrons. The van der Waals surface area contributed by atoms with Crippen molar-refractivity contribution >= 4 is 17.5 Å². The van der Waals surface area contributed by atoms with Crippen LogP contribution in [0.15, 0.2) is 0 Å². The third-order valence-electron chi connectivity index (χ3n) is 1.33. The summed E-state index contributed by atoms with van der Waals surface area (Å²) in [7, 11) is 1.62. The van der Waals surface area contributed by atoms with Gasteiger partial charge in [-0.1, -0.05) is 0 Å². The van der Waals surface area contributed by atoms with E-state index in [0.29, 0.717) is 13.2 Å². The summed E-state index contributed by atoms with van der Waals surface area (Å²) in [5, 5.41) is 0.0271. The Morgan fingerprint density at radius 2 is 2.07 bits per heavy atom. The number of methoxy groups -OCH3 is 1. The molecule has 78 valence electrons. The highest BCUT2D eigenvalue weighted by Gasteiger charge is 2.02. The summed E-state index contributed by atoms with van der Waals surface area (Å²) in [6, 6.07) is 0.138. The summed E-state index contributed by atoms with van der Waals surface area (Å²) in [6.45, 7) is 1.07. The predicted octanol–water partition coefficient (Wildman–Crippen LogP) is 0.523. The summed E-state index contributed by atoms with van der Waals surface area (Å²) in [6.07, 6.45) is 0.750. The number of ether oxygens (including phenoxy) is 2. The van der Waals surface area contributed by atoms with Crippen LogP contribution in [-0.4, -0.2) is 35.3 Å². The normalized spacial score (nSPS) is 10.1. The van der Waals surface area contributed by atoms with Gasteiger partial charge in [-0.2, -0.15) is 15.0 Å². The van der Waals surface area contributed by atoms with Crippen LogP contribution in [0.3, 0.4) is 0 Å². The maximum absolute atomic E-state index is 5.54. The molecule has 0 saturated heterocycles. The Bertz CT molecular complexity index is 277. The highest BCUT2D eigenvalue weighted by atomic mass is 35.5. The molecule has 0 saturated carbocycles. The lowest BCUT2D eigenvalue weighted by atomic mass is 10.5. The number of nitrogen functional groups attached to an aromatic ring is 1. The topological polar surface area (TPSA) is 83.2 Å². The van der Waals surface area contributed by atoms with Gasteiger partial charge in [0.25, 0.3) is 0 Å². The van der Waals surface area contributed by atoms with Crippen molar-refractivity contribution in [3.8, 4) is 6.01 Å². The minimum Gasteiger partial charge on any atom is -0.463 e. The third-order valence-corrected chi connectivity index (χ3v) is 1.50. The monoisotopic (exact) mass is 218 g/mol. The Kier molecular flexibility index (Phi) is 4.34. The van der Waals surface area contributed by atoms with Gasteiger partial charge >= 0.3 is 6.01 Å². The zero-order valence-electron chi connectivity index (χ0n) is 7.73. The Hall–Kier alpha value is -1.14. The van der Waals surface area contributed by atoms with Gasteiger partial charge < -0.3 is 15.2 Å². The summed E-state index contributed by atoms with van der Waals surface area (Å²) in [5.74, 6) is 0.0479. The van der Waals surface area contributed by atoms with Crippen LogP contribution in [0.1, 0.15) is 6.42 Å². The van der Waals surface area contributed by atoms with Gasteiger partial charge in [0, 0.05) is 20.1 Å². The second-order valence-corrected chi connectivity index (χ2v) is 2.78. The molecule has 7 heteroatoms. The summed E-state index contributed by atoms with van der Waals surface area (Å²) < 4.78 is 10.0. The first-order valence-electron chi connectivity index (χ1n) is 4.01. The molecule has 0 unspecified atom stereocenters. The molecular weight excluding hydrogens is 208 g/mol. The van der Waals surface area contributed by atoms with E-state index in [1.54, 1.807) is 7.11 Å². The number of hydrogen-bond acceptors (Lipinski definition) is 6. The molecule has 0 fully saturated rings. The van der Waals surface area contributed by atoms with E-state index in [2.05, 4.69) is 15.0 Å². The van der Waals surface area contributed by atoms with Crippen molar-refractivity contribution in [3.05, 3.63) is 5.28 Å². The van der Waals surface area contributed by atoms with Gasteiger partial charge in [-0.15, -0.1) is 0 Å². The maximum atomic E-state index is 5.54. The zero-order chi connectivity index (χ0) is 10.4. The molecule has 0 amide bonds. The van der Waals surface area contributed by atoms with Crippen LogP contribution in [0, 0.1) is 0 Å². The molecule has 0 bridgehead atoms. The van der Waals surface area contributed by atoms with Crippen LogP contribution >= 0.6 is 11.6 Å². The number of nitrogens with two attached hydrogens (primary N) is 1. The van der Waals surface area contributed by atoms with Crippen molar-refractivity contribution in [2.75, 3.05) is 26.1 Å². The first kappa shape index (κ1) is 10.9. The summed E-state index contributed by atoms with van der Waals surface area (Å²) >= 11 is 5.54. The molecular formula is C7H11ClN4O2. The standard InChI is InChI=1S/C7H11ClN4O2/c1-13-3-2-4-14-7-11-5(8)10-6(9)12-7/h2-4H2,1H3,(H2,9,10,11,12). The van der Waals surface area contributed by atoms with Gasteiger partial charge in [-0.3, -0.25) is 0 Å². The molecule has 6 nitrogen and oxygen atoms in total. The molecule has 0 aliphatic heterocycles. The van der Waals surface area contributed by atoms with Crippen molar-refractivity contribution in [1.82, 2.24) is 15.0 Å². The van der Waals surface area contributed by atoms with Crippen molar-refractivity contribution in [3.63, 3.8) is 0 Å². The van der Waals surface area contributed by atoms with Gasteiger partial charge in [0.2, 0.25) is 11.2 Å². The molecule has 0 atom stereocenters. The van der Waals surface area contributed by atoms with E-state index in [-0.39, 0.29) is 17.2 Å². The number of halogens is 1. The van der Waals surface area contributed by atoms with Crippen molar-refractivity contribution in [2.24, 2.45) is 0 Å². The van der Waals surface area contributed by atoms with E-state index in [1.165, 1.54) is 0 Å². The average molecular weight is 219 g/mol. The first-order valence-corrected chi connectivity index (χ1v) is 4.39. The Morgan fingerprint density at radius 1 is 1.29 bits per heavy atom. The fraction of sp³-hybridized carbons (Fsp3) is 0.571. The van der Waals surface area contributed by atoms with Crippen LogP contribution in [0.4, 0.5) is 5.95 Å². The SMILES string of the molecule is COCCCOc1nc(N)nc(Cl)n1. The molecule has 2 N–H and O–H groups in total. The fourth-order valence-corrected chi connectivity index (χ4v) is 0.937. The average Bonchev–Trinajstić information content (AvgIpc) is 2.11. The molecule has 0 aliphatic rings. The van der Waals surface area contributed by atoms with E-state index in [1.807, 2.05) is 0 Å². The Labute approximate surface area is 86.4 Å². The van der Waals surface area contributed by atoms with E-state index >= 15 is 0 Å². The zero-order valence-corrected chi connectivity index (χ0v) is 8.49. The number of hydrogen-bond donors (Lipinski definition) is 1. The van der Waals surface area contributed by atoms with Crippen LogP contribution < -0.4 is 10.5 Å². The third kappa shape index (κ3) is 3.71. The van der Waals surface area contributed by atoms with Crippen LogP contribution in [0.25, 0.3) is 0 Å². The van der Waals surface area contributed by atoms with Gasteiger partial charge in [0.15, 0.2) is 0 Å². The quantitative estimate of drug-likeness (QED) is 0.726. The predicted molar refractivity (Wildman–Crippen MR) is 51.2 cm³/mol. The lowest BCUT2D eigenvalue weighted by molar-refractivity contribution is 0.168. The second-order valence-electron chi connectivity index (χ2n) is 2.44. The minimum atomic E-state index is 0.0271. The number of aromatic nitrogens is 3. The Morgan fingerprint density at radius 3 is 2.71 bits per heavy atom. The van der Waals surface area contributed by atoms with Crippen molar-refractivity contribution in [2.45, 2.75) is 6.42 Å². The van der Waals surface area contributed by atoms with Gasteiger partial charge in [0.05, 0.1) is 6.61 Å². The Balaban J connectivity index is 2.42. The first-order chi connectivity index (χ1) is 6.72. The maximum Gasteiger partial charge on any atom is 0.322 e. The fourth-order valence-electron chi connectivity index (χ4n) is 0.778. The largest absolute Gasteiger partial charge is 0.463 e.